The molecule has 0 saturated heterocycles. The van der Waals surface area contributed by atoms with Crippen LogP contribution in [0.25, 0.3) is 0 Å². The van der Waals surface area contributed by atoms with Gasteiger partial charge < -0.3 is 14.8 Å². The van der Waals surface area contributed by atoms with E-state index in [1.807, 2.05) is 30.3 Å². The molecule has 0 amide bonds. The Morgan fingerprint density at radius 3 is 2.95 bits per heavy atom. The largest absolute Gasteiger partial charge is 0.496 e. The molecule has 0 fully saturated rings. The first-order valence-corrected chi connectivity index (χ1v) is 6.38. The molecule has 4 nitrogen and oxygen atoms in total. The van der Waals surface area contributed by atoms with Gasteiger partial charge in [0.2, 0.25) is 0 Å². The van der Waals surface area contributed by atoms with E-state index in [4.69, 9.17) is 14.7 Å². The molecule has 1 atom stereocenters. The predicted molar refractivity (Wildman–Crippen MR) is 76.0 cm³/mol. The number of hydrogen-bond acceptors (Lipinski definition) is 4. The highest BCUT2D eigenvalue weighted by Crippen LogP contribution is 2.36. The van der Waals surface area contributed by atoms with Crippen molar-refractivity contribution in [1.29, 1.82) is 5.26 Å². The lowest BCUT2D eigenvalue weighted by Gasteiger charge is -2.28. The van der Waals surface area contributed by atoms with Crippen molar-refractivity contribution >= 4 is 5.69 Å². The first-order chi connectivity index (χ1) is 9.81. The van der Waals surface area contributed by atoms with Crippen LogP contribution in [0.3, 0.4) is 0 Å². The van der Waals surface area contributed by atoms with E-state index in [2.05, 4.69) is 11.4 Å². The Morgan fingerprint density at radius 1 is 1.30 bits per heavy atom. The van der Waals surface area contributed by atoms with Gasteiger partial charge in [0.15, 0.2) is 0 Å². The van der Waals surface area contributed by atoms with Crippen LogP contribution in [0.2, 0.25) is 0 Å². The van der Waals surface area contributed by atoms with Gasteiger partial charge in [-0.2, -0.15) is 5.26 Å². The molecule has 100 valence electrons. The molecule has 3 rings (SSSR count). The van der Waals surface area contributed by atoms with Crippen molar-refractivity contribution in [3.63, 3.8) is 0 Å². The SMILES string of the molecule is COc1ccccc1C1COc2ccc(C#N)cc2N1. The maximum atomic E-state index is 8.97. The summed E-state index contributed by atoms with van der Waals surface area (Å²) in [6, 6.07) is 15.4. The maximum Gasteiger partial charge on any atom is 0.142 e. The minimum Gasteiger partial charge on any atom is -0.496 e. The van der Waals surface area contributed by atoms with Crippen molar-refractivity contribution in [3.05, 3.63) is 53.6 Å². The van der Waals surface area contributed by atoms with Crippen molar-refractivity contribution < 1.29 is 9.47 Å². The molecule has 1 unspecified atom stereocenters. The summed E-state index contributed by atoms with van der Waals surface area (Å²) in [5.41, 5.74) is 2.50. The summed E-state index contributed by atoms with van der Waals surface area (Å²) < 4.78 is 11.1. The molecule has 1 aliphatic rings. The Balaban J connectivity index is 1.93. The zero-order chi connectivity index (χ0) is 13.9. The summed E-state index contributed by atoms with van der Waals surface area (Å²) in [6.07, 6.45) is 0. The summed E-state index contributed by atoms with van der Waals surface area (Å²) in [7, 11) is 1.66. The second-order valence-electron chi connectivity index (χ2n) is 4.57. The number of ether oxygens (including phenoxy) is 2. The third-order valence-corrected chi connectivity index (χ3v) is 3.36. The molecular weight excluding hydrogens is 252 g/mol. The lowest BCUT2D eigenvalue weighted by molar-refractivity contribution is 0.282. The van der Waals surface area contributed by atoms with Crippen LogP contribution in [-0.4, -0.2) is 13.7 Å². The van der Waals surface area contributed by atoms with Gasteiger partial charge in [-0.05, 0) is 24.3 Å². The van der Waals surface area contributed by atoms with Gasteiger partial charge in [-0.3, -0.25) is 0 Å². The Morgan fingerprint density at radius 2 is 2.15 bits per heavy atom. The van der Waals surface area contributed by atoms with Crippen molar-refractivity contribution in [3.8, 4) is 17.6 Å². The van der Waals surface area contributed by atoms with E-state index >= 15 is 0 Å². The molecule has 0 aliphatic carbocycles. The molecule has 0 spiro atoms. The third kappa shape index (κ3) is 2.14. The molecule has 0 radical (unpaired) electrons. The number of para-hydroxylation sites is 1. The average molecular weight is 266 g/mol. The van der Waals surface area contributed by atoms with Gasteiger partial charge in [-0.15, -0.1) is 0 Å². The molecule has 1 N–H and O–H groups in total. The van der Waals surface area contributed by atoms with Crippen LogP contribution in [0, 0.1) is 11.3 Å². The van der Waals surface area contributed by atoms with Gasteiger partial charge >= 0.3 is 0 Å². The Kier molecular flexibility index (Phi) is 3.18. The summed E-state index contributed by atoms with van der Waals surface area (Å²) >= 11 is 0. The number of fused-ring (bicyclic) bond motifs is 1. The normalized spacial score (nSPS) is 16.3. The van der Waals surface area contributed by atoms with E-state index in [0.29, 0.717) is 12.2 Å². The maximum absolute atomic E-state index is 8.97. The summed E-state index contributed by atoms with van der Waals surface area (Å²) in [5, 5.41) is 12.4. The fourth-order valence-electron chi connectivity index (χ4n) is 2.36. The van der Waals surface area contributed by atoms with Crippen LogP contribution in [0.1, 0.15) is 17.2 Å². The van der Waals surface area contributed by atoms with E-state index in [0.717, 1.165) is 22.7 Å². The minimum absolute atomic E-state index is 0.00703. The molecular formula is C16H14N2O2. The lowest BCUT2D eigenvalue weighted by Crippen LogP contribution is -2.24. The summed E-state index contributed by atoms with van der Waals surface area (Å²) in [5.74, 6) is 1.60. The number of benzene rings is 2. The van der Waals surface area contributed by atoms with Gasteiger partial charge in [0.1, 0.15) is 18.1 Å². The smallest absolute Gasteiger partial charge is 0.142 e. The van der Waals surface area contributed by atoms with E-state index in [9.17, 15) is 0 Å². The van der Waals surface area contributed by atoms with Crippen LogP contribution in [0.5, 0.6) is 11.5 Å². The molecule has 4 heteroatoms. The van der Waals surface area contributed by atoms with Crippen LogP contribution >= 0.6 is 0 Å². The zero-order valence-electron chi connectivity index (χ0n) is 11.1. The number of nitrogens with one attached hydrogen (secondary N) is 1. The predicted octanol–water partition coefficient (Wildman–Crippen LogP) is 3.11. The number of anilines is 1. The zero-order valence-corrected chi connectivity index (χ0v) is 11.1. The number of methoxy groups -OCH3 is 1. The van der Waals surface area contributed by atoms with E-state index < -0.39 is 0 Å². The van der Waals surface area contributed by atoms with E-state index in [-0.39, 0.29) is 6.04 Å². The standard InChI is InChI=1S/C16H14N2O2/c1-19-15-5-3-2-4-12(15)14-10-20-16-7-6-11(9-17)8-13(16)18-14/h2-8,14,18H,10H2,1H3. The molecule has 2 aromatic rings. The van der Waals surface area contributed by atoms with Crippen molar-refractivity contribution in [2.24, 2.45) is 0 Å². The van der Waals surface area contributed by atoms with Gasteiger partial charge in [-0.1, -0.05) is 18.2 Å². The Hall–Kier alpha value is -2.67. The topological polar surface area (TPSA) is 54.3 Å². The Bertz CT molecular complexity index is 676. The average Bonchev–Trinajstić information content (AvgIpc) is 2.53. The molecule has 1 aliphatic heterocycles. The molecule has 0 saturated carbocycles. The molecule has 20 heavy (non-hydrogen) atoms. The van der Waals surface area contributed by atoms with Gasteiger partial charge in [0, 0.05) is 5.56 Å². The minimum atomic E-state index is 0.00703. The highest BCUT2D eigenvalue weighted by atomic mass is 16.5. The summed E-state index contributed by atoms with van der Waals surface area (Å²) in [6.45, 7) is 0.527. The van der Waals surface area contributed by atoms with Crippen LogP contribution in [0.15, 0.2) is 42.5 Å². The lowest BCUT2D eigenvalue weighted by atomic mass is 10.0. The monoisotopic (exact) mass is 266 g/mol. The van der Waals surface area contributed by atoms with Gasteiger partial charge in [0.25, 0.3) is 0 Å². The molecule has 0 aromatic heterocycles. The van der Waals surface area contributed by atoms with E-state index in [1.54, 1.807) is 19.2 Å². The highest BCUT2D eigenvalue weighted by molar-refractivity contribution is 5.62. The molecule has 0 bridgehead atoms. The van der Waals surface area contributed by atoms with Gasteiger partial charge in [-0.25, -0.2) is 0 Å². The Labute approximate surface area is 117 Å². The number of nitrogens with zero attached hydrogens (tertiary/aromatic N) is 1. The van der Waals surface area contributed by atoms with Crippen LogP contribution < -0.4 is 14.8 Å². The first-order valence-electron chi connectivity index (χ1n) is 6.38. The van der Waals surface area contributed by atoms with Gasteiger partial charge in [0.05, 0.1) is 30.5 Å². The fraction of sp³-hybridized carbons (Fsp3) is 0.188. The fourth-order valence-corrected chi connectivity index (χ4v) is 2.36. The van der Waals surface area contributed by atoms with Crippen LogP contribution in [0.4, 0.5) is 5.69 Å². The first kappa shape index (κ1) is 12.4. The third-order valence-electron chi connectivity index (χ3n) is 3.36. The quantitative estimate of drug-likeness (QED) is 0.907. The highest BCUT2D eigenvalue weighted by Gasteiger charge is 2.23. The second kappa shape index (κ2) is 5.14. The van der Waals surface area contributed by atoms with Crippen molar-refractivity contribution in [1.82, 2.24) is 0 Å². The van der Waals surface area contributed by atoms with E-state index in [1.165, 1.54) is 0 Å². The summed E-state index contributed by atoms with van der Waals surface area (Å²) in [4.78, 5) is 0. The van der Waals surface area contributed by atoms with Crippen LogP contribution in [-0.2, 0) is 0 Å². The van der Waals surface area contributed by atoms with Crippen molar-refractivity contribution in [2.75, 3.05) is 19.0 Å². The number of hydrogen-bond donors (Lipinski definition) is 1. The second-order valence-corrected chi connectivity index (χ2v) is 4.57. The molecule has 2 aromatic carbocycles. The number of nitriles is 1. The van der Waals surface area contributed by atoms with Crippen molar-refractivity contribution in [2.45, 2.75) is 6.04 Å². The number of rotatable bonds is 2. The molecule has 1 heterocycles.